The van der Waals surface area contributed by atoms with E-state index in [1.165, 1.54) is 6.20 Å². The third-order valence-corrected chi connectivity index (χ3v) is 4.98. The summed E-state index contributed by atoms with van der Waals surface area (Å²) in [7, 11) is 0. The van der Waals surface area contributed by atoms with Gasteiger partial charge in [-0.1, -0.05) is 23.7 Å². The molecule has 1 saturated heterocycles. The van der Waals surface area contributed by atoms with E-state index in [9.17, 15) is 4.79 Å². The number of halogens is 1. The van der Waals surface area contributed by atoms with Crippen molar-refractivity contribution in [2.45, 2.75) is 25.9 Å². The quantitative estimate of drug-likeness (QED) is 0.768. The number of piperazine rings is 1. The number of amides is 1. The van der Waals surface area contributed by atoms with E-state index in [2.05, 4.69) is 43.8 Å². The van der Waals surface area contributed by atoms with E-state index in [1.54, 1.807) is 12.1 Å². The van der Waals surface area contributed by atoms with Crippen molar-refractivity contribution in [1.82, 2.24) is 14.9 Å². The molecule has 146 valence electrons. The van der Waals surface area contributed by atoms with Gasteiger partial charge in [-0.2, -0.15) is 0 Å². The summed E-state index contributed by atoms with van der Waals surface area (Å²) in [5.74, 6) is 0.578. The highest BCUT2D eigenvalue weighted by Crippen LogP contribution is 2.26. The summed E-state index contributed by atoms with van der Waals surface area (Å²) < 4.78 is 0. The molecule has 1 aliphatic heterocycles. The smallest absolute Gasteiger partial charge is 0.245 e. The van der Waals surface area contributed by atoms with Gasteiger partial charge >= 0.3 is 0 Å². The molecule has 3 N–H and O–H groups in total. The maximum absolute atomic E-state index is 12.4. The maximum Gasteiger partial charge on any atom is 0.245 e. The third kappa shape index (κ3) is 4.32. The van der Waals surface area contributed by atoms with E-state index in [1.807, 2.05) is 12.1 Å². The Morgan fingerprint density at radius 3 is 2.64 bits per heavy atom. The van der Waals surface area contributed by atoms with Crippen molar-refractivity contribution in [3.05, 3.63) is 46.9 Å². The molecule has 0 aliphatic carbocycles. The number of benzene rings is 1. The van der Waals surface area contributed by atoms with Crippen molar-refractivity contribution in [2.75, 3.05) is 35.6 Å². The zero-order valence-corrected chi connectivity index (χ0v) is 16.5. The number of anilines is 3. The number of aromatic nitrogens is 2. The van der Waals surface area contributed by atoms with Gasteiger partial charge in [-0.15, -0.1) is 0 Å². The van der Waals surface area contributed by atoms with Crippen LogP contribution in [0.3, 0.4) is 0 Å². The van der Waals surface area contributed by atoms with E-state index in [-0.39, 0.29) is 36.0 Å². The Morgan fingerprint density at radius 1 is 1.36 bits per heavy atom. The number of nitrogens with one attached hydrogen (secondary N) is 1. The first kappa shape index (κ1) is 19.9. The Bertz CT molecular complexity index is 901. The van der Waals surface area contributed by atoms with Gasteiger partial charge in [0.1, 0.15) is 5.82 Å². The van der Waals surface area contributed by atoms with Crippen LogP contribution in [-0.4, -0.2) is 52.5 Å². The predicted octanol–water partition coefficient (Wildman–Crippen LogP) is 2.80. The molecule has 1 fully saturated rings. The Morgan fingerprint density at radius 2 is 2.04 bits per heavy atom. The Labute approximate surface area is 169 Å². The molecule has 1 amide bonds. The van der Waals surface area contributed by atoms with Gasteiger partial charge in [0, 0.05) is 31.4 Å². The molecular formula is C19H22ClN7O. The van der Waals surface area contributed by atoms with E-state index >= 15 is 0 Å². The minimum Gasteiger partial charge on any atom is -0.392 e. The molecule has 2 atom stereocenters. The molecule has 1 aliphatic rings. The normalized spacial score (nSPS) is 19.9. The van der Waals surface area contributed by atoms with Crippen LogP contribution in [0.2, 0.25) is 5.02 Å². The van der Waals surface area contributed by atoms with Crippen LogP contribution in [0.1, 0.15) is 13.8 Å². The first-order valence-corrected chi connectivity index (χ1v) is 9.32. The van der Waals surface area contributed by atoms with Crippen molar-refractivity contribution >= 4 is 40.6 Å². The van der Waals surface area contributed by atoms with Crippen LogP contribution in [0.15, 0.2) is 30.5 Å². The molecule has 0 spiro atoms. The van der Waals surface area contributed by atoms with Crippen LogP contribution in [-0.2, 0) is 4.79 Å². The summed E-state index contributed by atoms with van der Waals surface area (Å²) in [6.07, 6.45) is 1.45. The number of nitrogen functional groups attached to an aromatic ring is 1. The van der Waals surface area contributed by atoms with Crippen LogP contribution in [0.25, 0.3) is 4.85 Å². The van der Waals surface area contributed by atoms with Gasteiger partial charge in [-0.3, -0.25) is 9.69 Å². The third-order valence-electron chi connectivity index (χ3n) is 4.65. The monoisotopic (exact) mass is 399 g/mol. The minimum atomic E-state index is -0.108. The Balaban J connectivity index is 1.64. The highest BCUT2D eigenvalue weighted by Gasteiger charge is 2.32. The zero-order chi connectivity index (χ0) is 20.3. The lowest BCUT2D eigenvalue weighted by Gasteiger charge is -2.44. The number of carbonyl (C=O) groups excluding carboxylic acids is 1. The molecule has 28 heavy (non-hydrogen) atoms. The Kier molecular flexibility index (Phi) is 5.97. The predicted molar refractivity (Wildman–Crippen MR) is 111 cm³/mol. The lowest BCUT2D eigenvalue weighted by atomic mass is 10.1. The lowest BCUT2D eigenvalue weighted by Crippen LogP contribution is -2.58. The van der Waals surface area contributed by atoms with Gasteiger partial charge in [0.05, 0.1) is 23.8 Å². The van der Waals surface area contributed by atoms with Gasteiger partial charge in [0.2, 0.25) is 17.5 Å². The molecule has 9 heteroatoms. The number of hydrogen-bond acceptors (Lipinski definition) is 6. The standard InChI is InChI=1S/C19H22ClN7O/c1-12-9-26(11-17(28)24-15-7-5-4-6-14(15)20)10-13(2)27(12)19-23-8-16(22-3)18(21)25-19/h4-8,12-13H,9-11H2,1-2H3,(H,24,28)(H2,21,23,25). The van der Waals surface area contributed by atoms with Crippen molar-refractivity contribution in [3.8, 4) is 0 Å². The van der Waals surface area contributed by atoms with E-state index in [0.29, 0.717) is 29.7 Å². The van der Waals surface area contributed by atoms with E-state index in [4.69, 9.17) is 23.9 Å². The van der Waals surface area contributed by atoms with Gasteiger partial charge in [-0.25, -0.2) is 14.8 Å². The molecule has 1 aromatic carbocycles. The zero-order valence-electron chi connectivity index (χ0n) is 15.8. The molecule has 0 bridgehead atoms. The molecule has 0 radical (unpaired) electrons. The van der Waals surface area contributed by atoms with Crippen LogP contribution in [0.4, 0.5) is 23.1 Å². The van der Waals surface area contributed by atoms with Gasteiger partial charge in [-0.05, 0) is 26.0 Å². The summed E-state index contributed by atoms with van der Waals surface area (Å²) >= 11 is 6.10. The fraction of sp³-hybridized carbons (Fsp3) is 0.368. The molecule has 8 nitrogen and oxygen atoms in total. The van der Waals surface area contributed by atoms with Crippen LogP contribution >= 0.6 is 11.6 Å². The molecule has 2 heterocycles. The molecular weight excluding hydrogens is 378 g/mol. The number of nitrogens with zero attached hydrogens (tertiary/aromatic N) is 5. The average Bonchev–Trinajstić information content (AvgIpc) is 2.63. The maximum atomic E-state index is 12.4. The number of nitrogens with two attached hydrogens (primary N) is 1. The first-order chi connectivity index (χ1) is 13.4. The van der Waals surface area contributed by atoms with Crippen LogP contribution in [0.5, 0.6) is 0 Å². The Hall–Kier alpha value is -2.89. The second-order valence-corrected chi connectivity index (χ2v) is 7.29. The van der Waals surface area contributed by atoms with Gasteiger partial charge in [0.15, 0.2) is 0 Å². The topological polar surface area (TPSA) is 91.7 Å². The SMILES string of the molecule is [C-]#[N+]c1cnc(N2C(C)CN(CC(=O)Nc3ccccc3Cl)CC2C)nc1N. The van der Waals surface area contributed by atoms with Crippen molar-refractivity contribution < 1.29 is 4.79 Å². The number of carbonyl (C=O) groups is 1. The number of para-hydroxylation sites is 1. The van der Waals surface area contributed by atoms with Crippen molar-refractivity contribution in [2.24, 2.45) is 0 Å². The van der Waals surface area contributed by atoms with E-state index in [0.717, 1.165) is 0 Å². The van der Waals surface area contributed by atoms with Crippen molar-refractivity contribution in [1.29, 1.82) is 0 Å². The highest BCUT2D eigenvalue weighted by atomic mass is 35.5. The van der Waals surface area contributed by atoms with Crippen LogP contribution < -0.4 is 16.0 Å². The fourth-order valence-corrected chi connectivity index (χ4v) is 3.68. The minimum absolute atomic E-state index is 0.0788. The fourth-order valence-electron chi connectivity index (χ4n) is 3.50. The second kappa shape index (κ2) is 8.42. The lowest BCUT2D eigenvalue weighted by molar-refractivity contribution is -0.117. The summed E-state index contributed by atoms with van der Waals surface area (Å²) in [6, 6.07) is 7.32. The second-order valence-electron chi connectivity index (χ2n) is 6.88. The van der Waals surface area contributed by atoms with Gasteiger partial charge in [0.25, 0.3) is 0 Å². The summed E-state index contributed by atoms with van der Waals surface area (Å²) in [6.45, 7) is 12.8. The molecule has 0 saturated carbocycles. The van der Waals surface area contributed by atoms with Crippen molar-refractivity contribution in [3.63, 3.8) is 0 Å². The van der Waals surface area contributed by atoms with Crippen LogP contribution in [0, 0.1) is 6.57 Å². The van der Waals surface area contributed by atoms with E-state index < -0.39 is 0 Å². The molecule has 3 rings (SSSR count). The summed E-state index contributed by atoms with van der Waals surface area (Å²) in [4.78, 5) is 28.5. The largest absolute Gasteiger partial charge is 0.392 e. The first-order valence-electron chi connectivity index (χ1n) is 8.94. The summed E-state index contributed by atoms with van der Waals surface area (Å²) in [5.41, 5.74) is 6.70. The average molecular weight is 400 g/mol. The van der Waals surface area contributed by atoms with Gasteiger partial charge < -0.3 is 16.0 Å². The number of rotatable bonds is 4. The summed E-state index contributed by atoms with van der Waals surface area (Å²) in [5, 5.41) is 3.37. The molecule has 2 aromatic rings. The molecule has 2 unspecified atom stereocenters. The molecule has 1 aromatic heterocycles. The highest BCUT2D eigenvalue weighted by molar-refractivity contribution is 6.33. The number of hydrogen-bond donors (Lipinski definition) is 2.